The molecule has 4 rings (SSSR count). The Morgan fingerprint density at radius 1 is 1.08 bits per heavy atom. The fraction of sp³-hybridized carbons (Fsp3) is 0.200. The molecular formula is C20H18FN3O2. The van der Waals surface area contributed by atoms with Crippen LogP contribution in [0.15, 0.2) is 54.6 Å². The van der Waals surface area contributed by atoms with Gasteiger partial charge in [0.25, 0.3) is 5.91 Å². The van der Waals surface area contributed by atoms with Crippen molar-refractivity contribution in [1.82, 2.24) is 9.78 Å². The summed E-state index contributed by atoms with van der Waals surface area (Å²) in [6.45, 7) is 3.45. The molecule has 2 aromatic carbocycles. The number of anilines is 1. The predicted molar refractivity (Wildman–Crippen MR) is 95.8 cm³/mol. The molecule has 0 saturated carbocycles. The van der Waals surface area contributed by atoms with Crippen molar-refractivity contribution >= 4 is 11.6 Å². The van der Waals surface area contributed by atoms with Gasteiger partial charge < -0.3 is 9.64 Å². The fourth-order valence-electron chi connectivity index (χ4n) is 2.98. The maximum atomic E-state index is 12.9. The second-order valence-corrected chi connectivity index (χ2v) is 6.28. The first-order chi connectivity index (χ1) is 12.6. The van der Waals surface area contributed by atoms with E-state index in [1.807, 2.05) is 31.2 Å². The number of aryl methyl sites for hydroxylation is 1. The molecule has 26 heavy (non-hydrogen) atoms. The monoisotopic (exact) mass is 351 g/mol. The molecule has 5 nitrogen and oxygen atoms in total. The summed E-state index contributed by atoms with van der Waals surface area (Å²) in [5.41, 5.74) is 3.26. The third-order valence-electron chi connectivity index (χ3n) is 4.38. The number of halogens is 1. The van der Waals surface area contributed by atoms with E-state index in [0.29, 0.717) is 30.2 Å². The van der Waals surface area contributed by atoms with Crippen LogP contribution in [0.3, 0.4) is 0 Å². The number of ether oxygens (including phenoxy) is 1. The van der Waals surface area contributed by atoms with Crippen LogP contribution in [0.5, 0.6) is 5.75 Å². The van der Waals surface area contributed by atoms with Gasteiger partial charge in [-0.3, -0.25) is 9.48 Å². The van der Waals surface area contributed by atoms with Crippen LogP contribution < -0.4 is 9.64 Å². The van der Waals surface area contributed by atoms with E-state index in [0.717, 1.165) is 11.3 Å². The van der Waals surface area contributed by atoms with Crippen molar-refractivity contribution in [2.24, 2.45) is 0 Å². The van der Waals surface area contributed by atoms with Gasteiger partial charge in [0.1, 0.15) is 29.6 Å². The molecule has 3 aromatic rings. The summed E-state index contributed by atoms with van der Waals surface area (Å²) in [5, 5.41) is 4.45. The maximum absolute atomic E-state index is 12.9. The van der Waals surface area contributed by atoms with Crippen LogP contribution in [0.25, 0.3) is 0 Å². The van der Waals surface area contributed by atoms with Gasteiger partial charge in [-0.2, -0.15) is 5.10 Å². The molecule has 0 atom stereocenters. The molecule has 0 radical (unpaired) electrons. The number of aromatic nitrogens is 2. The van der Waals surface area contributed by atoms with Crippen molar-refractivity contribution in [1.29, 1.82) is 0 Å². The number of fused-ring (bicyclic) bond motifs is 1. The highest BCUT2D eigenvalue weighted by Crippen LogP contribution is 2.22. The molecule has 0 saturated heterocycles. The Kier molecular flexibility index (Phi) is 4.16. The molecule has 0 unspecified atom stereocenters. The van der Waals surface area contributed by atoms with Crippen molar-refractivity contribution < 1.29 is 13.9 Å². The maximum Gasteiger partial charge on any atom is 0.276 e. The minimum atomic E-state index is -0.309. The van der Waals surface area contributed by atoms with Crippen LogP contribution in [0.2, 0.25) is 0 Å². The van der Waals surface area contributed by atoms with E-state index < -0.39 is 0 Å². The summed E-state index contributed by atoms with van der Waals surface area (Å²) >= 11 is 0. The molecule has 0 bridgehead atoms. The van der Waals surface area contributed by atoms with E-state index >= 15 is 0 Å². The predicted octanol–water partition coefficient (Wildman–Crippen LogP) is 3.57. The quantitative estimate of drug-likeness (QED) is 0.722. The van der Waals surface area contributed by atoms with E-state index in [-0.39, 0.29) is 18.3 Å². The lowest BCUT2D eigenvalue weighted by molar-refractivity contribution is 0.0962. The largest absolute Gasteiger partial charge is 0.487 e. The Labute approximate surface area is 150 Å². The zero-order chi connectivity index (χ0) is 18.1. The Morgan fingerprint density at radius 3 is 2.54 bits per heavy atom. The first-order valence-electron chi connectivity index (χ1n) is 8.44. The van der Waals surface area contributed by atoms with Crippen LogP contribution in [0.1, 0.15) is 21.7 Å². The second kappa shape index (κ2) is 6.63. The van der Waals surface area contributed by atoms with E-state index in [4.69, 9.17) is 4.74 Å². The van der Waals surface area contributed by atoms with E-state index in [2.05, 4.69) is 5.10 Å². The number of benzene rings is 2. The lowest BCUT2D eigenvalue weighted by Gasteiger charge is -2.27. The molecule has 132 valence electrons. The van der Waals surface area contributed by atoms with E-state index in [9.17, 15) is 9.18 Å². The van der Waals surface area contributed by atoms with Crippen molar-refractivity contribution in [3.8, 4) is 5.75 Å². The Balaban J connectivity index is 1.49. The lowest BCUT2D eigenvalue weighted by Crippen LogP contribution is -2.40. The molecule has 1 aliphatic rings. The summed E-state index contributed by atoms with van der Waals surface area (Å²) in [6, 6.07) is 15.5. The van der Waals surface area contributed by atoms with Gasteiger partial charge in [0.2, 0.25) is 0 Å². The third-order valence-corrected chi connectivity index (χ3v) is 4.38. The van der Waals surface area contributed by atoms with Gasteiger partial charge in [0, 0.05) is 12.2 Å². The lowest BCUT2D eigenvalue weighted by atomic mass is 10.2. The molecule has 2 heterocycles. The molecule has 6 heteroatoms. The number of amides is 1. The Hall–Kier alpha value is -3.15. The van der Waals surface area contributed by atoms with Crippen LogP contribution in [-0.4, -0.2) is 22.2 Å². The van der Waals surface area contributed by atoms with Gasteiger partial charge in [-0.25, -0.2) is 4.39 Å². The van der Waals surface area contributed by atoms with Crippen LogP contribution >= 0.6 is 0 Å². The molecular weight excluding hydrogens is 333 g/mol. The van der Waals surface area contributed by atoms with Crippen LogP contribution in [0.4, 0.5) is 10.1 Å². The number of rotatable bonds is 4. The zero-order valence-corrected chi connectivity index (χ0v) is 14.4. The minimum Gasteiger partial charge on any atom is -0.487 e. The highest BCUT2D eigenvalue weighted by molar-refractivity contribution is 6.05. The number of hydrogen-bond acceptors (Lipinski definition) is 3. The van der Waals surface area contributed by atoms with Crippen molar-refractivity contribution in [2.45, 2.75) is 20.1 Å². The van der Waals surface area contributed by atoms with Gasteiger partial charge in [-0.1, -0.05) is 17.7 Å². The molecule has 0 fully saturated rings. The molecule has 1 aromatic heterocycles. The second-order valence-electron chi connectivity index (χ2n) is 6.28. The normalized spacial score (nSPS) is 13.6. The Morgan fingerprint density at radius 2 is 1.81 bits per heavy atom. The molecule has 1 amide bonds. The van der Waals surface area contributed by atoms with Gasteiger partial charge in [0.05, 0.1) is 6.54 Å². The smallest absolute Gasteiger partial charge is 0.276 e. The van der Waals surface area contributed by atoms with Gasteiger partial charge in [-0.15, -0.1) is 0 Å². The number of carbonyl (C=O) groups is 1. The summed E-state index contributed by atoms with van der Waals surface area (Å²) in [7, 11) is 0. The van der Waals surface area contributed by atoms with Crippen molar-refractivity contribution in [2.75, 3.05) is 11.4 Å². The number of carbonyl (C=O) groups excluding carboxylic acids is 1. The number of nitrogens with zero attached hydrogens (tertiary/aromatic N) is 3. The standard InChI is InChI=1S/C20H18FN3O2/c1-14-2-6-17(7-3-14)23-10-11-24-19(20(23)25)12-16(22-24)13-26-18-8-4-15(21)5-9-18/h2-9,12H,10-11,13H2,1H3. The molecule has 0 spiro atoms. The van der Waals surface area contributed by atoms with Crippen LogP contribution in [0, 0.1) is 12.7 Å². The first kappa shape index (κ1) is 16.3. The van der Waals surface area contributed by atoms with Crippen molar-refractivity contribution in [3.05, 3.63) is 77.4 Å². The SMILES string of the molecule is Cc1ccc(N2CCn3nc(COc4ccc(F)cc4)cc3C2=O)cc1. The molecule has 0 N–H and O–H groups in total. The van der Waals surface area contributed by atoms with Gasteiger partial charge in [0.15, 0.2) is 0 Å². The average Bonchev–Trinajstić information content (AvgIpc) is 3.07. The first-order valence-corrected chi connectivity index (χ1v) is 8.44. The Bertz CT molecular complexity index is 933. The molecule has 1 aliphatic heterocycles. The summed E-state index contributed by atoms with van der Waals surface area (Å²) in [4.78, 5) is 14.6. The average molecular weight is 351 g/mol. The topological polar surface area (TPSA) is 47.4 Å². The summed E-state index contributed by atoms with van der Waals surface area (Å²) < 4.78 is 20.3. The van der Waals surface area contributed by atoms with Crippen molar-refractivity contribution in [3.63, 3.8) is 0 Å². The minimum absolute atomic E-state index is 0.0689. The van der Waals surface area contributed by atoms with Crippen LogP contribution in [-0.2, 0) is 13.2 Å². The van der Waals surface area contributed by atoms with Gasteiger partial charge in [-0.05, 0) is 49.4 Å². The third kappa shape index (κ3) is 3.18. The highest BCUT2D eigenvalue weighted by atomic mass is 19.1. The summed E-state index contributed by atoms with van der Waals surface area (Å²) in [6.07, 6.45) is 0. The fourth-order valence-corrected chi connectivity index (χ4v) is 2.98. The van der Waals surface area contributed by atoms with Gasteiger partial charge >= 0.3 is 0 Å². The van der Waals surface area contributed by atoms with E-state index in [1.165, 1.54) is 12.1 Å². The van der Waals surface area contributed by atoms with E-state index in [1.54, 1.807) is 27.8 Å². The zero-order valence-electron chi connectivity index (χ0n) is 14.4. The summed E-state index contributed by atoms with van der Waals surface area (Å²) in [5.74, 6) is 0.183. The molecule has 0 aliphatic carbocycles. The number of hydrogen-bond donors (Lipinski definition) is 0. The highest BCUT2D eigenvalue weighted by Gasteiger charge is 2.27.